The van der Waals surface area contributed by atoms with Gasteiger partial charge in [-0.1, -0.05) is 17.4 Å². The number of nitrogens with one attached hydrogen (secondary N) is 1. The van der Waals surface area contributed by atoms with E-state index in [0.29, 0.717) is 10.8 Å². The van der Waals surface area contributed by atoms with Crippen molar-refractivity contribution in [2.24, 2.45) is 5.73 Å². The number of rotatable bonds is 5. The maximum absolute atomic E-state index is 12.7. The van der Waals surface area contributed by atoms with Crippen LogP contribution in [0.5, 0.6) is 0 Å². The molecule has 0 fully saturated rings. The fourth-order valence-corrected chi connectivity index (χ4v) is 3.57. The number of nitrogens with zero attached hydrogens (tertiary/aromatic N) is 5. The van der Waals surface area contributed by atoms with Gasteiger partial charge in [-0.2, -0.15) is 0 Å². The number of hydrogen-bond acceptors (Lipinski definition) is 7. The first-order valence-corrected chi connectivity index (χ1v) is 9.33. The van der Waals surface area contributed by atoms with Gasteiger partial charge in [0.1, 0.15) is 27.8 Å². The van der Waals surface area contributed by atoms with E-state index in [1.807, 2.05) is 25.1 Å². The standard InChI is InChI=1S/C19H15N7O2S/c1-11-3-2-4-14(23-11)26-9-13(22-10-26)17(28)25-19-15(16(20)27)24-18(29-19)12-5-7-21-8-6-12/h2-10H,1H3,(H2,20,27)(H,25,28). The molecule has 4 aromatic heterocycles. The Morgan fingerprint density at radius 2 is 1.93 bits per heavy atom. The fraction of sp³-hybridized carbons (Fsp3) is 0.0526. The molecule has 0 aliphatic carbocycles. The Morgan fingerprint density at radius 3 is 2.66 bits per heavy atom. The highest BCUT2D eigenvalue weighted by Gasteiger charge is 2.20. The Morgan fingerprint density at radius 1 is 1.14 bits per heavy atom. The lowest BCUT2D eigenvalue weighted by molar-refractivity contribution is 0.0997. The maximum atomic E-state index is 12.7. The van der Waals surface area contributed by atoms with E-state index in [4.69, 9.17) is 5.73 Å². The van der Waals surface area contributed by atoms with E-state index in [1.54, 1.807) is 35.3 Å². The van der Waals surface area contributed by atoms with Gasteiger partial charge in [0.2, 0.25) is 0 Å². The summed E-state index contributed by atoms with van der Waals surface area (Å²) < 4.78 is 1.64. The van der Waals surface area contributed by atoms with E-state index >= 15 is 0 Å². The van der Waals surface area contributed by atoms with Gasteiger partial charge in [0.25, 0.3) is 11.8 Å². The van der Waals surface area contributed by atoms with Crippen molar-refractivity contribution in [2.45, 2.75) is 6.92 Å². The summed E-state index contributed by atoms with van der Waals surface area (Å²) in [4.78, 5) is 41.2. The Bertz CT molecular complexity index is 1200. The van der Waals surface area contributed by atoms with Gasteiger partial charge >= 0.3 is 0 Å². The molecule has 0 aliphatic rings. The molecule has 4 aromatic rings. The van der Waals surface area contributed by atoms with E-state index in [0.717, 1.165) is 22.6 Å². The van der Waals surface area contributed by atoms with Gasteiger partial charge in [-0.05, 0) is 31.2 Å². The van der Waals surface area contributed by atoms with Crippen LogP contribution in [-0.2, 0) is 0 Å². The minimum Gasteiger partial charge on any atom is -0.364 e. The molecule has 0 unspecified atom stereocenters. The summed E-state index contributed by atoms with van der Waals surface area (Å²) in [5.41, 5.74) is 7.21. The number of anilines is 1. The Balaban J connectivity index is 1.60. The van der Waals surface area contributed by atoms with Gasteiger partial charge in [-0.25, -0.2) is 15.0 Å². The Hall–Kier alpha value is -3.92. The zero-order chi connectivity index (χ0) is 20.4. The molecule has 0 aliphatic heterocycles. The number of carbonyl (C=O) groups excluding carboxylic acids is 2. The van der Waals surface area contributed by atoms with Gasteiger partial charge < -0.3 is 11.1 Å². The van der Waals surface area contributed by atoms with Crippen LogP contribution < -0.4 is 11.1 Å². The number of thiazole rings is 1. The van der Waals surface area contributed by atoms with Crippen LogP contribution in [0.3, 0.4) is 0 Å². The van der Waals surface area contributed by atoms with E-state index in [-0.39, 0.29) is 16.4 Å². The van der Waals surface area contributed by atoms with Crippen LogP contribution in [0.15, 0.2) is 55.2 Å². The first-order valence-electron chi connectivity index (χ1n) is 8.51. The number of aromatic nitrogens is 5. The average molecular weight is 405 g/mol. The summed E-state index contributed by atoms with van der Waals surface area (Å²) in [5, 5.41) is 3.49. The molecule has 0 spiro atoms. The third-order valence-electron chi connectivity index (χ3n) is 3.97. The van der Waals surface area contributed by atoms with Crippen molar-refractivity contribution >= 4 is 28.2 Å². The van der Waals surface area contributed by atoms with Crippen LogP contribution >= 0.6 is 11.3 Å². The molecule has 0 saturated heterocycles. The van der Waals surface area contributed by atoms with Gasteiger partial charge in [-0.15, -0.1) is 0 Å². The van der Waals surface area contributed by atoms with E-state index in [1.165, 1.54) is 6.33 Å². The third-order valence-corrected chi connectivity index (χ3v) is 4.99. The number of primary amides is 1. The first-order chi connectivity index (χ1) is 14.0. The van der Waals surface area contributed by atoms with Crippen LogP contribution in [0, 0.1) is 6.92 Å². The monoisotopic (exact) mass is 405 g/mol. The van der Waals surface area contributed by atoms with E-state index in [2.05, 4.69) is 25.3 Å². The Labute approximate surface area is 169 Å². The minimum absolute atomic E-state index is 0.00468. The summed E-state index contributed by atoms with van der Waals surface area (Å²) >= 11 is 1.15. The molecule has 4 rings (SSSR count). The predicted molar refractivity (Wildman–Crippen MR) is 108 cm³/mol. The van der Waals surface area contributed by atoms with Gasteiger partial charge in [0.15, 0.2) is 5.69 Å². The molecular formula is C19H15N7O2S. The molecule has 0 atom stereocenters. The number of pyridine rings is 2. The van der Waals surface area contributed by atoms with Crippen molar-refractivity contribution < 1.29 is 9.59 Å². The summed E-state index contributed by atoms with van der Waals surface area (Å²) in [6, 6.07) is 9.07. The van der Waals surface area contributed by atoms with Crippen molar-refractivity contribution in [3.63, 3.8) is 0 Å². The highest BCUT2D eigenvalue weighted by molar-refractivity contribution is 7.19. The number of hydrogen-bond donors (Lipinski definition) is 2. The lowest BCUT2D eigenvalue weighted by Crippen LogP contribution is -2.17. The highest BCUT2D eigenvalue weighted by atomic mass is 32.1. The molecule has 2 amide bonds. The van der Waals surface area contributed by atoms with Gasteiger partial charge in [0.05, 0.1) is 0 Å². The van der Waals surface area contributed by atoms with Crippen LogP contribution in [0.1, 0.15) is 26.7 Å². The van der Waals surface area contributed by atoms with Crippen LogP contribution in [-0.4, -0.2) is 36.3 Å². The second-order valence-corrected chi connectivity index (χ2v) is 7.05. The van der Waals surface area contributed by atoms with E-state index < -0.39 is 11.8 Å². The quantitative estimate of drug-likeness (QED) is 0.525. The van der Waals surface area contributed by atoms with Crippen molar-refractivity contribution in [3.8, 4) is 16.4 Å². The van der Waals surface area contributed by atoms with Crippen LogP contribution in [0.25, 0.3) is 16.4 Å². The number of nitrogens with two attached hydrogens (primary N) is 1. The molecule has 3 N–H and O–H groups in total. The zero-order valence-corrected chi connectivity index (χ0v) is 16.1. The number of carbonyl (C=O) groups is 2. The summed E-state index contributed by atoms with van der Waals surface area (Å²) in [7, 11) is 0. The summed E-state index contributed by atoms with van der Waals surface area (Å²) in [6.07, 6.45) is 6.29. The van der Waals surface area contributed by atoms with Crippen molar-refractivity contribution in [2.75, 3.05) is 5.32 Å². The van der Waals surface area contributed by atoms with Crippen LogP contribution in [0.4, 0.5) is 5.00 Å². The van der Waals surface area contributed by atoms with Crippen LogP contribution in [0.2, 0.25) is 0 Å². The lowest BCUT2D eigenvalue weighted by Gasteiger charge is -2.02. The second kappa shape index (κ2) is 7.60. The second-order valence-electron chi connectivity index (χ2n) is 6.05. The lowest BCUT2D eigenvalue weighted by atomic mass is 10.3. The van der Waals surface area contributed by atoms with Crippen molar-refractivity contribution in [3.05, 3.63) is 72.3 Å². The molecule has 9 nitrogen and oxygen atoms in total. The molecule has 10 heteroatoms. The maximum Gasteiger partial charge on any atom is 0.276 e. The molecule has 0 radical (unpaired) electrons. The molecular weight excluding hydrogens is 390 g/mol. The van der Waals surface area contributed by atoms with Gasteiger partial charge in [-0.3, -0.25) is 19.1 Å². The zero-order valence-electron chi connectivity index (χ0n) is 15.2. The largest absolute Gasteiger partial charge is 0.364 e. The number of aryl methyl sites for hydroxylation is 1. The number of imidazole rings is 1. The highest BCUT2D eigenvalue weighted by Crippen LogP contribution is 2.32. The molecule has 0 saturated carbocycles. The first kappa shape index (κ1) is 18.4. The molecule has 0 aromatic carbocycles. The topological polar surface area (TPSA) is 129 Å². The molecule has 144 valence electrons. The molecule has 4 heterocycles. The normalized spacial score (nSPS) is 10.7. The smallest absolute Gasteiger partial charge is 0.276 e. The third kappa shape index (κ3) is 3.87. The molecule has 0 bridgehead atoms. The predicted octanol–water partition coefficient (Wildman–Crippen LogP) is 2.45. The molecule has 29 heavy (non-hydrogen) atoms. The fourth-order valence-electron chi connectivity index (χ4n) is 2.59. The van der Waals surface area contributed by atoms with Crippen molar-refractivity contribution in [1.29, 1.82) is 0 Å². The number of amides is 2. The van der Waals surface area contributed by atoms with Gasteiger partial charge in [0, 0.05) is 29.8 Å². The summed E-state index contributed by atoms with van der Waals surface area (Å²) in [5.74, 6) is -0.567. The minimum atomic E-state index is -0.730. The van der Waals surface area contributed by atoms with Crippen molar-refractivity contribution in [1.82, 2.24) is 24.5 Å². The Kier molecular flexibility index (Phi) is 4.83. The van der Waals surface area contributed by atoms with E-state index in [9.17, 15) is 9.59 Å². The summed E-state index contributed by atoms with van der Waals surface area (Å²) in [6.45, 7) is 1.88. The average Bonchev–Trinajstić information content (AvgIpc) is 3.36. The SMILES string of the molecule is Cc1cccc(-n2cnc(C(=O)Nc3sc(-c4ccncc4)nc3C(N)=O)c2)n1.